The number of nitrogens with zero attached hydrogens (tertiary/aromatic N) is 2. The zero-order valence-electron chi connectivity index (χ0n) is 10.9. The number of nitrogens with two attached hydrogens (primary N) is 1. The second-order valence-electron chi connectivity index (χ2n) is 4.24. The fourth-order valence-electron chi connectivity index (χ4n) is 1.70. The average Bonchev–Trinajstić information content (AvgIpc) is 2.64. The van der Waals surface area contributed by atoms with Gasteiger partial charge in [0, 0.05) is 6.20 Å². The number of aliphatic hydroxyl groups excluding tert-OH is 2. The second-order valence-corrected chi connectivity index (χ2v) is 5.26. The number of rotatable bonds is 2. The molecule has 4 atom stereocenters. The van der Waals surface area contributed by atoms with E-state index in [1.54, 1.807) is 0 Å². The quantitative estimate of drug-likeness (QED) is 0.313. The van der Waals surface area contributed by atoms with Gasteiger partial charge in [-0.3, -0.25) is 4.57 Å². The summed E-state index contributed by atoms with van der Waals surface area (Å²) in [6, 6.07) is 1.32. The lowest BCUT2D eigenvalue weighted by Gasteiger charge is -2.15. The van der Waals surface area contributed by atoms with Gasteiger partial charge >= 0.3 is 13.5 Å². The zero-order valence-corrected chi connectivity index (χ0v) is 11.8. The molecular weight excluding hydrogens is 328 g/mol. The number of hydrogen-bond donors (Lipinski definition) is 6. The molecule has 7 N–H and O–H groups in total. The summed E-state index contributed by atoms with van der Waals surface area (Å²) in [6.45, 7) is -0.533. The molecule has 0 saturated carbocycles. The molecule has 0 aliphatic carbocycles. The van der Waals surface area contributed by atoms with Gasteiger partial charge in [0.1, 0.15) is 18.0 Å². The third-order valence-corrected chi connectivity index (χ3v) is 2.60. The molecule has 0 aromatic carbocycles. The maximum atomic E-state index is 13.7. The van der Waals surface area contributed by atoms with Gasteiger partial charge in [-0.25, -0.2) is 13.8 Å². The van der Waals surface area contributed by atoms with Gasteiger partial charge in [0.25, 0.3) is 0 Å². The molecule has 2 heterocycles. The lowest BCUT2D eigenvalue weighted by atomic mass is 10.1. The van der Waals surface area contributed by atoms with Crippen LogP contribution in [-0.2, 0) is 9.30 Å². The van der Waals surface area contributed by atoms with Crippen LogP contribution in [0, 0.1) is 0 Å². The Morgan fingerprint density at radius 3 is 2.41 bits per heavy atom. The van der Waals surface area contributed by atoms with Gasteiger partial charge in [-0.15, -0.1) is 0 Å². The minimum atomic E-state index is -4.64. The summed E-state index contributed by atoms with van der Waals surface area (Å²) in [5.74, 6) is 0.0129. The van der Waals surface area contributed by atoms with Crippen molar-refractivity contribution in [1.29, 1.82) is 0 Å². The summed E-state index contributed by atoms with van der Waals surface area (Å²) in [5, 5.41) is 18.3. The summed E-state index contributed by atoms with van der Waals surface area (Å²) < 4.78 is 28.5. The number of phosphoric acid groups is 1. The number of aromatic nitrogens is 2. The van der Waals surface area contributed by atoms with E-state index in [4.69, 9.17) is 34.8 Å². The Kier molecular flexibility index (Phi) is 6.14. The highest BCUT2D eigenvalue weighted by Crippen LogP contribution is 2.30. The molecule has 1 aliphatic heterocycles. The van der Waals surface area contributed by atoms with Crippen molar-refractivity contribution in [2.75, 3.05) is 12.3 Å². The van der Waals surface area contributed by atoms with E-state index in [1.165, 1.54) is 12.3 Å². The molecule has 1 unspecified atom stereocenters. The Hall–Kier alpha value is -1.40. The van der Waals surface area contributed by atoms with Gasteiger partial charge in [-0.2, -0.15) is 4.98 Å². The van der Waals surface area contributed by atoms with E-state index >= 15 is 0 Å². The van der Waals surface area contributed by atoms with Crippen LogP contribution in [0.3, 0.4) is 0 Å². The van der Waals surface area contributed by atoms with Crippen molar-refractivity contribution in [3.05, 3.63) is 22.7 Å². The predicted octanol–water partition coefficient (Wildman–Crippen LogP) is -2.51. The number of halogens is 1. The minimum absolute atomic E-state index is 0.0129. The van der Waals surface area contributed by atoms with Gasteiger partial charge in [-0.1, -0.05) is 0 Å². The third kappa shape index (κ3) is 5.10. The SMILES string of the molecule is Nc1ccn([C@@H]2O[C@H](CO)[C@@H](O)C2F)c(=O)n1.O=P(O)(O)O. The highest BCUT2D eigenvalue weighted by molar-refractivity contribution is 7.45. The molecule has 0 radical (unpaired) electrons. The zero-order chi connectivity index (χ0) is 17.1. The van der Waals surface area contributed by atoms with Crippen molar-refractivity contribution in [2.24, 2.45) is 0 Å². The van der Waals surface area contributed by atoms with E-state index in [9.17, 15) is 14.3 Å². The van der Waals surface area contributed by atoms with Gasteiger partial charge in [0.2, 0.25) is 0 Å². The lowest BCUT2D eigenvalue weighted by Crippen LogP contribution is -2.33. The molecule has 126 valence electrons. The molecule has 1 saturated heterocycles. The number of nitrogen functional groups attached to an aromatic ring is 1. The second kappa shape index (κ2) is 7.24. The van der Waals surface area contributed by atoms with E-state index < -0.39 is 44.7 Å². The van der Waals surface area contributed by atoms with Crippen LogP contribution >= 0.6 is 7.82 Å². The van der Waals surface area contributed by atoms with Gasteiger partial charge in [0.15, 0.2) is 12.4 Å². The van der Waals surface area contributed by atoms with Crippen molar-refractivity contribution in [2.45, 2.75) is 24.6 Å². The van der Waals surface area contributed by atoms with Crippen molar-refractivity contribution in [3.8, 4) is 0 Å². The Balaban J connectivity index is 0.000000422. The number of anilines is 1. The topological polar surface area (TPSA) is 188 Å². The molecule has 2 rings (SSSR count). The average molecular weight is 343 g/mol. The lowest BCUT2D eigenvalue weighted by molar-refractivity contribution is -0.0490. The first kappa shape index (κ1) is 18.6. The first-order chi connectivity index (χ1) is 10.0. The molecule has 1 aromatic rings. The number of ether oxygens (including phenoxy) is 1. The van der Waals surface area contributed by atoms with Crippen LogP contribution in [-0.4, -0.2) is 59.4 Å². The van der Waals surface area contributed by atoms with Crippen molar-refractivity contribution in [3.63, 3.8) is 0 Å². The van der Waals surface area contributed by atoms with Crippen LogP contribution in [0.2, 0.25) is 0 Å². The maximum absolute atomic E-state index is 13.7. The van der Waals surface area contributed by atoms with Crippen LogP contribution < -0.4 is 11.4 Å². The first-order valence-electron chi connectivity index (χ1n) is 5.76. The van der Waals surface area contributed by atoms with E-state index in [2.05, 4.69) is 4.98 Å². The molecule has 0 amide bonds. The number of aliphatic hydroxyl groups is 2. The van der Waals surface area contributed by atoms with Crippen molar-refractivity contribution < 1.29 is 38.6 Å². The Bertz CT molecular complexity index is 599. The Morgan fingerprint density at radius 1 is 1.45 bits per heavy atom. The molecule has 11 nitrogen and oxygen atoms in total. The van der Waals surface area contributed by atoms with Crippen LogP contribution in [0.1, 0.15) is 6.23 Å². The smallest absolute Gasteiger partial charge is 0.394 e. The van der Waals surface area contributed by atoms with Crippen LogP contribution in [0.15, 0.2) is 17.1 Å². The molecule has 22 heavy (non-hydrogen) atoms. The number of alkyl halides is 1. The first-order valence-corrected chi connectivity index (χ1v) is 7.32. The standard InChI is InChI=1S/C9H12FN3O4.H3O4P/c10-6-7(15)4(3-14)17-8(6)13-2-1-5(11)12-9(13)16;1-5(2,3)4/h1-2,4,6-8,14-15H,3H2,(H2,11,12,16);(H3,1,2,3,4)/t4-,6?,7-,8-;/m1./s1. The summed E-state index contributed by atoms with van der Waals surface area (Å²) in [4.78, 5) is 36.4. The van der Waals surface area contributed by atoms with Gasteiger partial charge in [0.05, 0.1) is 6.61 Å². The molecular formula is C9H15FN3O8P. The Morgan fingerprint density at radius 2 is 2.00 bits per heavy atom. The van der Waals surface area contributed by atoms with Crippen molar-refractivity contribution >= 4 is 13.6 Å². The molecule has 0 bridgehead atoms. The van der Waals surface area contributed by atoms with Crippen molar-refractivity contribution in [1.82, 2.24) is 9.55 Å². The Labute approximate surface area is 122 Å². The minimum Gasteiger partial charge on any atom is -0.394 e. The largest absolute Gasteiger partial charge is 0.466 e. The highest BCUT2D eigenvalue weighted by Gasteiger charge is 2.45. The van der Waals surface area contributed by atoms with Crippen LogP contribution in [0.25, 0.3) is 0 Å². The molecule has 1 aromatic heterocycles. The predicted molar refractivity (Wildman–Crippen MR) is 69.1 cm³/mol. The monoisotopic (exact) mass is 343 g/mol. The summed E-state index contributed by atoms with van der Waals surface area (Å²) >= 11 is 0. The fraction of sp³-hybridized carbons (Fsp3) is 0.556. The normalized spacial score (nSPS) is 28.1. The van der Waals surface area contributed by atoms with E-state index in [-0.39, 0.29) is 5.82 Å². The van der Waals surface area contributed by atoms with Crippen LogP contribution in [0.4, 0.5) is 10.2 Å². The highest BCUT2D eigenvalue weighted by atomic mass is 31.2. The van der Waals surface area contributed by atoms with E-state index in [0.717, 1.165) is 4.57 Å². The summed E-state index contributed by atoms with van der Waals surface area (Å²) in [5.41, 5.74) is 4.52. The van der Waals surface area contributed by atoms with E-state index in [1.807, 2.05) is 0 Å². The third-order valence-electron chi connectivity index (χ3n) is 2.60. The maximum Gasteiger partial charge on any atom is 0.466 e. The van der Waals surface area contributed by atoms with Gasteiger partial charge in [-0.05, 0) is 6.07 Å². The molecule has 0 spiro atoms. The fourth-order valence-corrected chi connectivity index (χ4v) is 1.70. The molecule has 1 aliphatic rings. The van der Waals surface area contributed by atoms with E-state index in [0.29, 0.717) is 0 Å². The molecule has 1 fully saturated rings. The summed E-state index contributed by atoms with van der Waals surface area (Å²) in [7, 11) is -4.64. The van der Waals surface area contributed by atoms with Gasteiger partial charge < -0.3 is 35.4 Å². The van der Waals surface area contributed by atoms with Crippen LogP contribution in [0.5, 0.6) is 0 Å². The number of hydrogen-bond acceptors (Lipinski definition) is 7. The molecule has 13 heteroatoms. The summed E-state index contributed by atoms with van der Waals surface area (Å²) in [6.07, 6.45) is -4.42.